The van der Waals surface area contributed by atoms with Gasteiger partial charge in [-0.1, -0.05) is 0 Å². The average molecular weight is 216 g/mol. The number of alkyl halides is 2. The molecular formula is C11H11F3O. The smallest absolute Gasteiger partial charge is 0.280 e. The quantitative estimate of drug-likeness (QED) is 0.645. The Hall–Kier alpha value is -1.19. The molecule has 0 N–H and O–H groups in total. The normalized spacial score (nSPS) is 23.1. The summed E-state index contributed by atoms with van der Waals surface area (Å²) >= 11 is 0. The molecule has 15 heavy (non-hydrogen) atoms. The number of hydrogen-bond donors (Lipinski definition) is 0. The van der Waals surface area contributed by atoms with Gasteiger partial charge >= 0.3 is 0 Å². The molecule has 1 aromatic rings. The molecular weight excluding hydrogens is 205 g/mol. The summed E-state index contributed by atoms with van der Waals surface area (Å²) in [6, 6.07) is 2.48. The van der Waals surface area contributed by atoms with Gasteiger partial charge in [-0.2, -0.15) is 0 Å². The van der Waals surface area contributed by atoms with Gasteiger partial charge in [0, 0.05) is 0 Å². The molecule has 1 atom stereocenters. The maximum absolute atomic E-state index is 13.6. The van der Waals surface area contributed by atoms with Crippen molar-refractivity contribution in [3.05, 3.63) is 29.1 Å². The third-order valence-electron chi connectivity index (χ3n) is 2.44. The van der Waals surface area contributed by atoms with E-state index in [1.807, 2.05) is 0 Å². The van der Waals surface area contributed by atoms with Crippen LogP contribution in [0.1, 0.15) is 24.5 Å². The molecule has 82 valence electrons. The van der Waals surface area contributed by atoms with Gasteiger partial charge in [0.15, 0.2) is 11.6 Å². The lowest BCUT2D eigenvalue weighted by molar-refractivity contribution is -0.0620. The number of rotatable bonds is 0. The topological polar surface area (TPSA) is 9.23 Å². The van der Waals surface area contributed by atoms with Gasteiger partial charge < -0.3 is 4.74 Å². The van der Waals surface area contributed by atoms with Crippen LogP contribution in [0, 0.1) is 12.7 Å². The second-order valence-corrected chi connectivity index (χ2v) is 3.96. The molecule has 4 heteroatoms. The molecule has 0 amide bonds. The maximum atomic E-state index is 13.6. The molecule has 0 bridgehead atoms. The van der Waals surface area contributed by atoms with Gasteiger partial charge in [0.05, 0.1) is 12.0 Å². The van der Waals surface area contributed by atoms with E-state index in [0.717, 1.165) is 0 Å². The molecule has 0 saturated heterocycles. The lowest BCUT2D eigenvalue weighted by Gasteiger charge is -2.30. The molecule has 1 unspecified atom stereocenters. The van der Waals surface area contributed by atoms with E-state index in [0.29, 0.717) is 5.56 Å². The first-order valence-electron chi connectivity index (χ1n) is 4.75. The molecule has 0 aliphatic carbocycles. The SMILES string of the molecule is Cc1cc(F)c2c(c1)C(F)(F)CC(C)O2. The predicted molar refractivity (Wildman–Crippen MR) is 49.7 cm³/mol. The average Bonchev–Trinajstić information content (AvgIpc) is 2.06. The van der Waals surface area contributed by atoms with Crippen molar-refractivity contribution in [1.82, 2.24) is 0 Å². The van der Waals surface area contributed by atoms with Crippen molar-refractivity contribution in [2.24, 2.45) is 0 Å². The van der Waals surface area contributed by atoms with E-state index in [1.54, 1.807) is 6.92 Å². The van der Waals surface area contributed by atoms with Crippen molar-refractivity contribution in [3.63, 3.8) is 0 Å². The summed E-state index contributed by atoms with van der Waals surface area (Å²) in [5, 5.41) is 0. The van der Waals surface area contributed by atoms with Crippen molar-refractivity contribution in [3.8, 4) is 5.75 Å². The number of hydrogen-bond acceptors (Lipinski definition) is 1. The Balaban J connectivity index is 2.62. The van der Waals surface area contributed by atoms with E-state index in [-0.39, 0.29) is 11.3 Å². The lowest BCUT2D eigenvalue weighted by Crippen LogP contribution is -2.31. The molecule has 2 rings (SSSR count). The summed E-state index contributed by atoms with van der Waals surface area (Å²) in [7, 11) is 0. The first kappa shape index (κ1) is 10.3. The first-order chi connectivity index (χ1) is 6.90. The highest BCUT2D eigenvalue weighted by atomic mass is 19.3. The molecule has 0 fully saturated rings. The third kappa shape index (κ3) is 1.68. The zero-order chi connectivity index (χ0) is 11.2. The molecule has 1 aromatic carbocycles. The van der Waals surface area contributed by atoms with E-state index in [1.165, 1.54) is 19.1 Å². The van der Waals surface area contributed by atoms with Crippen LogP contribution >= 0.6 is 0 Å². The summed E-state index contributed by atoms with van der Waals surface area (Å²) in [6.45, 7) is 3.09. The fourth-order valence-corrected chi connectivity index (χ4v) is 1.83. The Kier molecular flexibility index (Phi) is 2.17. The van der Waals surface area contributed by atoms with Gasteiger partial charge in [-0.25, -0.2) is 13.2 Å². The fraction of sp³-hybridized carbons (Fsp3) is 0.455. The predicted octanol–water partition coefficient (Wildman–Crippen LogP) is 3.40. The standard InChI is InChI=1S/C11H11F3O/c1-6-3-8-10(9(12)4-6)15-7(2)5-11(8,13)14/h3-4,7H,5H2,1-2H3. The minimum atomic E-state index is -3.00. The molecule has 1 aliphatic rings. The van der Waals surface area contributed by atoms with Gasteiger partial charge in [-0.15, -0.1) is 0 Å². The van der Waals surface area contributed by atoms with E-state index in [2.05, 4.69) is 0 Å². The Bertz CT molecular complexity index is 401. The molecule has 1 heterocycles. The highest BCUT2D eigenvalue weighted by Gasteiger charge is 2.42. The fourth-order valence-electron chi connectivity index (χ4n) is 1.83. The van der Waals surface area contributed by atoms with Gasteiger partial charge in [0.1, 0.15) is 6.10 Å². The van der Waals surface area contributed by atoms with Crippen LogP contribution in [-0.4, -0.2) is 6.10 Å². The van der Waals surface area contributed by atoms with Crippen LogP contribution in [0.5, 0.6) is 5.75 Å². The second kappa shape index (κ2) is 3.15. The maximum Gasteiger partial charge on any atom is 0.280 e. The number of aryl methyl sites for hydroxylation is 1. The summed E-state index contributed by atoms with van der Waals surface area (Å²) in [6.07, 6.45) is -1.06. The van der Waals surface area contributed by atoms with E-state index < -0.39 is 24.3 Å². The van der Waals surface area contributed by atoms with Crippen molar-refractivity contribution in [2.75, 3.05) is 0 Å². The Morgan fingerprint density at radius 1 is 1.40 bits per heavy atom. The molecule has 1 nitrogen and oxygen atoms in total. The van der Waals surface area contributed by atoms with Crippen molar-refractivity contribution < 1.29 is 17.9 Å². The number of ether oxygens (including phenoxy) is 1. The zero-order valence-electron chi connectivity index (χ0n) is 8.48. The van der Waals surface area contributed by atoms with Crippen molar-refractivity contribution in [1.29, 1.82) is 0 Å². The van der Waals surface area contributed by atoms with Crippen LogP contribution < -0.4 is 4.74 Å². The van der Waals surface area contributed by atoms with Crippen LogP contribution in [0.25, 0.3) is 0 Å². The number of halogens is 3. The summed E-state index contributed by atoms with van der Waals surface area (Å²) in [5.41, 5.74) is 0.141. The van der Waals surface area contributed by atoms with Crippen LogP contribution in [-0.2, 0) is 5.92 Å². The van der Waals surface area contributed by atoms with E-state index >= 15 is 0 Å². The highest BCUT2D eigenvalue weighted by Crippen LogP contribution is 2.44. The Morgan fingerprint density at radius 2 is 2.07 bits per heavy atom. The number of benzene rings is 1. The van der Waals surface area contributed by atoms with Crippen molar-refractivity contribution in [2.45, 2.75) is 32.3 Å². The van der Waals surface area contributed by atoms with Crippen LogP contribution in [0.3, 0.4) is 0 Å². The largest absolute Gasteiger partial charge is 0.487 e. The molecule has 0 radical (unpaired) electrons. The van der Waals surface area contributed by atoms with Crippen LogP contribution in [0.15, 0.2) is 12.1 Å². The molecule has 1 aliphatic heterocycles. The van der Waals surface area contributed by atoms with Crippen LogP contribution in [0.2, 0.25) is 0 Å². The minimum Gasteiger partial charge on any atom is -0.487 e. The van der Waals surface area contributed by atoms with Gasteiger partial charge in [-0.3, -0.25) is 0 Å². The second-order valence-electron chi connectivity index (χ2n) is 3.96. The van der Waals surface area contributed by atoms with Crippen LogP contribution in [0.4, 0.5) is 13.2 Å². The number of fused-ring (bicyclic) bond motifs is 1. The Morgan fingerprint density at radius 3 is 2.73 bits per heavy atom. The van der Waals surface area contributed by atoms with Gasteiger partial charge in [0.25, 0.3) is 5.92 Å². The van der Waals surface area contributed by atoms with E-state index in [9.17, 15) is 13.2 Å². The molecule has 0 spiro atoms. The lowest BCUT2D eigenvalue weighted by atomic mass is 9.96. The van der Waals surface area contributed by atoms with Gasteiger partial charge in [0.2, 0.25) is 0 Å². The summed E-state index contributed by atoms with van der Waals surface area (Å²) in [4.78, 5) is 0. The van der Waals surface area contributed by atoms with E-state index in [4.69, 9.17) is 4.74 Å². The Labute approximate surface area is 85.9 Å². The van der Waals surface area contributed by atoms with Crippen molar-refractivity contribution >= 4 is 0 Å². The highest BCUT2D eigenvalue weighted by molar-refractivity contribution is 5.42. The summed E-state index contributed by atoms with van der Waals surface area (Å²) < 4.78 is 45.6. The molecule has 0 aromatic heterocycles. The monoisotopic (exact) mass is 216 g/mol. The summed E-state index contributed by atoms with van der Waals surface area (Å²) in [5.74, 6) is -4.01. The third-order valence-corrected chi connectivity index (χ3v) is 2.44. The minimum absolute atomic E-state index is 0.302. The zero-order valence-corrected chi connectivity index (χ0v) is 8.48. The van der Waals surface area contributed by atoms with Gasteiger partial charge in [-0.05, 0) is 31.5 Å². The first-order valence-corrected chi connectivity index (χ1v) is 4.75. The molecule has 0 saturated carbocycles.